The maximum Gasteiger partial charge on any atom is 0.325 e. The van der Waals surface area contributed by atoms with E-state index in [0.29, 0.717) is 21.6 Å². The molecule has 0 aliphatic rings. The zero-order chi connectivity index (χ0) is 19.4. The van der Waals surface area contributed by atoms with E-state index in [9.17, 15) is 4.79 Å². The fourth-order valence-electron chi connectivity index (χ4n) is 2.40. The smallest absolute Gasteiger partial charge is 0.325 e. The van der Waals surface area contributed by atoms with Crippen LogP contribution in [0.2, 0.25) is 0 Å². The van der Waals surface area contributed by atoms with E-state index in [2.05, 4.69) is 46.6 Å². The van der Waals surface area contributed by atoms with Crippen molar-refractivity contribution in [3.8, 4) is 16.3 Å². The lowest BCUT2D eigenvalue weighted by molar-refractivity contribution is 0.262. The number of nitrogens with zero attached hydrogens (tertiary/aromatic N) is 3. The Hall–Kier alpha value is -3.00. The maximum absolute atomic E-state index is 12.3. The highest BCUT2D eigenvalue weighted by Gasteiger charge is 2.17. The average molecular weight is 383 g/mol. The van der Waals surface area contributed by atoms with Crippen molar-refractivity contribution in [2.45, 2.75) is 26.2 Å². The van der Waals surface area contributed by atoms with Crippen molar-refractivity contribution in [3.05, 3.63) is 48.3 Å². The van der Waals surface area contributed by atoms with Gasteiger partial charge in [0.15, 0.2) is 0 Å². The summed E-state index contributed by atoms with van der Waals surface area (Å²) in [6, 6.07) is 9.01. The summed E-state index contributed by atoms with van der Waals surface area (Å²) in [5.41, 5.74) is 2.60. The minimum Gasteiger partial charge on any atom is -0.495 e. The summed E-state index contributed by atoms with van der Waals surface area (Å²) in [4.78, 5) is 16.3. The highest BCUT2D eigenvalue weighted by Crippen LogP contribution is 2.32. The summed E-state index contributed by atoms with van der Waals surface area (Å²) in [5.74, 6) is 0.604. The fraction of sp³-hybridized carbons (Fsp3) is 0.263. The first-order valence-electron chi connectivity index (χ1n) is 8.37. The van der Waals surface area contributed by atoms with Gasteiger partial charge in [-0.2, -0.15) is 0 Å². The van der Waals surface area contributed by atoms with Gasteiger partial charge in [0, 0.05) is 18.0 Å². The molecular weight excluding hydrogens is 362 g/mol. The molecule has 0 bridgehead atoms. The van der Waals surface area contributed by atoms with E-state index in [1.807, 2.05) is 30.3 Å². The van der Waals surface area contributed by atoms with Gasteiger partial charge in [-0.1, -0.05) is 38.2 Å². The van der Waals surface area contributed by atoms with Gasteiger partial charge in [-0.3, -0.25) is 10.3 Å². The quantitative estimate of drug-likeness (QED) is 0.690. The van der Waals surface area contributed by atoms with Crippen molar-refractivity contribution in [1.82, 2.24) is 15.2 Å². The number of nitrogens with one attached hydrogen (secondary N) is 2. The Bertz CT molecular complexity index is 935. The van der Waals surface area contributed by atoms with E-state index >= 15 is 0 Å². The normalized spacial score (nSPS) is 11.1. The number of carbonyl (C=O) groups is 1. The van der Waals surface area contributed by atoms with Crippen LogP contribution < -0.4 is 15.4 Å². The third-order valence-electron chi connectivity index (χ3n) is 3.89. The number of rotatable bonds is 4. The van der Waals surface area contributed by atoms with Crippen LogP contribution in [-0.2, 0) is 5.41 Å². The molecule has 1 aromatic carbocycles. The van der Waals surface area contributed by atoms with Gasteiger partial charge in [-0.05, 0) is 35.2 Å². The molecule has 0 atom stereocenters. The molecule has 0 aliphatic carbocycles. The van der Waals surface area contributed by atoms with Gasteiger partial charge in [0.05, 0.1) is 12.8 Å². The SMILES string of the molecule is COc1cc(C(C)(C)C)ccc1NC(=O)Nc1nnc(-c2ccncc2)s1. The fourth-order valence-corrected chi connectivity index (χ4v) is 3.14. The van der Waals surface area contributed by atoms with Crippen LogP contribution in [-0.4, -0.2) is 28.3 Å². The highest BCUT2D eigenvalue weighted by molar-refractivity contribution is 7.18. The number of hydrogen-bond donors (Lipinski definition) is 2. The van der Waals surface area contributed by atoms with E-state index in [1.165, 1.54) is 11.3 Å². The molecule has 0 radical (unpaired) electrons. The molecule has 3 rings (SSSR count). The van der Waals surface area contributed by atoms with Crippen LogP contribution in [0.4, 0.5) is 15.6 Å². The number of amides is 2. The number of aromatic nitrogens is 3. The third kappa shape index (κ3) is 4.59. The van der Waals surface area contributed by atoms with Crippen LogP contribution in [0.3, 0.4) is 0 Å². The van der Waals surface area contributed by atoms with Gasteiger partial charge in [0.1, 0.15) is 10.8 Å². The average Bonchev–Trinajstić information content (AvgIpc) is 3.10. The molecule has 140 valence electrons. The van der Waals surface area contributed by atoms with Gasteiger partial charge in [-0.25, -0.2) is 4.79 Å². The molecule has 0 saturated heterocycles. The molecule has 0 saturated carbocycles. The minimum absolute atomic E-state index is 0.00993. The summed E-state index contributed by atoms with van der Waals surface area (Å²) < 4.78 is 5.42. The lowest BCUT2D eigenvalue weighted by Gasteiger charge is -2.21. The minimum atomic E-state index is -0.408. The Labute approximate surface area is 161 Å². The second-order valence-electron chi connectivity index (χ2n) is 6.89. The molecule has 3 aromatic rings. The number of urea groups is 1. The number of methoxy groups -OCH3 is 1. The number of anilines is 2. The zero-order valence-electron chi connectivity index (χ0n) is 15.6. The first kappa shape index (κ1) is 18.8. The molecule has 2 N–H and O–H groups in total. The molecule has 2 heterocycles. The van der Waals surface area contributed by atoms with Crippen molar-refractivity contribution < 1.29 is 9.53 Å². The number of ether oxygens (including phenoxy) is 1. The van der Waals surface area contributed by atoms with E-state index < -0.39 is 6.03 Å². The second-order valence-corrected chi connectivity index (χ2v) is 7.87. The maximum atomic E-state index is 12.3. The molecule has 0 aliphatic heterocycles. The number of benzene rings is 1. The Morgan fingerprint density at radius 3 is 2.48 bits per heavy atom. The standard InChI is InChI=1S/C19H21N5O2S/c1-19(2,3)13-5-6-14(15(11-13)26-4)21-17(25)22-18-24-23-16(27-18)12-7-9-20-10-8-12/h5-11H,1-4H3,(H2,21,22,24,25). The molecule has 8 heteroatoms. The molecule has 7 nitrogen and oxygen atoms in total. The van der Waals surface area contributed by atoms with E-state index in [-0.39, 0.29) is 5.41 Å². The van der Waals surface area contributed by atoms with Gasteiger partial charge >= 0.3 is 6.03 Å². The van der Waals surface area contributed by atoms with Crippen molar-refractivity contribution >= 4 is 28.2 Å². The van der Waals surface area contributed by atoms with Crippen LogP contribution in [0.15, 0.2) is 42.7 Å². The zero-order valence-corrected chi connectivity index (χ0v) is 16.4. The Morgan fingerprint density at radius 2 is 1.81 bits per heavy atom. The predicted molar refractivity (Wildman–Crippen MR) is 107 cm³/mol. The predicted octanol–water partition coefficient (Wildman–Crippen LogP) is 4.55. The van der Waals surface area contributed by atoms with Crippen LogP contribution in [0.25, 0.3) is 10.6 Å². The summed E-state index contributed by atoms with van der Waals surface area (Å²) in [7, 11) is 1.58. The van der Waals surface area contributed by atoms with Gasteiger partial charge < -0.3 is 10.1 Å². The van der Waals surface area contributed by atoms with Crippen LogP contribution in [0.1, 0.15) is 26.3 Å². The Kier molecular flexibility index (Phi) is 5.36. The lowest BCUT2D eigenvalue weighted by atomic mass is 9.87. The molecule has 27 heavy (non-hydrogen) atoms. The van der Waals surface area contributed by atoms with Gasteiger partial charge in [0.25, 0.3) is 0 Å². The lowest BCUT2D eigenvalue weighted by Crippen LogP contribution is -2.20. The van der Waals surface area contributed by atoms with Gasteiger partial charge in [-0.15, -0.1) is 10.2 Å². The number of hydrogen-bond acceptors (Lipinski definition) is 6. The van der Waals surface area contributed by atoms with E-state index in [4.69, 9.17) is 4.74 Å². The summed E-state index contributed by atoms with van der Waals surface area (Å²) >= 11 is 1.29. The van der Waals surface area contributed by atoms with Crippen LogP contribution in [0, 0.1) is 0 Å². The molecule has 0 spiro atoms. The van der Waals surface area contributed by atoms with Gasteiger partial charge in [0.2, 0.25) is 5.13 Å². The highest BCUT2D eigenvalue weighted by atomic mass is 32.1. The largest absolute Gasteiger partial charge is 0.495 e. The number of pyridine rings is 1. The van der Waals surface area contributed by atoms with Crippen molar-refractivity contribution in [2.75, 3.05) is 17.7 Å². The van der Waals surface area contributed by atoms with Crippen LogP contribution >= 0.6 is 11.3 Å². The van der Waals surface area contributed by atoms with E-state index in [1.54, 1.807) is 19.5 Å². The third-order valence-corrected chi connectivity index (χ3v) is 4.78. The van der Waals surface area contributed by atoms with Crippen molar-refractivity contribution in [2.24, 2.45) is 0 Å². The molecule has 2 amide bonds. The molecule has 0 unspecified atom stereocenters. The Balaban J connectivity index is 1.70. The van der Waals surface area contributed by atoms with Crippen molar-refractivity contribution in [1.29, 1.82) is 0 Å². The summed E-state index contributed by atoms with van der Waals surface area (Å²) in [6.07, 6.45) is 3.37. The first-order valence-corrected chi connectivity index (χ1v) is 9.19. The van der Waals surface area contributed by atoms with E-state index in [0.717, 1.165) is 11.1 Å². The topological polar surface area (TPSA) is 89.0 Å². The molecule has 2 aromatic heterocycles. The number of carbonyl (C=O) groups excluding carboxylic acids is 1. The monoisotopic (exact) mass is 383 g/mol. The van der Waals surface area contributed by atoms with Crippen molar-refractivity contribution in [3.63, 3.8) is 0 Å². The second kappa shape index (κ2) is 7.71. The van der Waals surface area contributed by atoms with Crippen LogP contribution in [0.5, 0.6) is 5.75 Å². The summed E-state index contributed by atoms with van der Waals surface area (Å²) in [6.45, 7) is 6.37. The Morgan fingerprint density at radius 1 is 1.07 bits per heavy atom. The summed E-state index contributed by atoms with van der Waals surface area (Å²) in [5, 5.41) is 14.7. The molecular formula is C19H21N5O2S. The first-order chi connectivity index (χ1) is 12.9. The molecule has 0 fully saturated rings.